The van der Waals surface area contributed by atoms with Gasteiger partial charge in [0.15, 0.2) is 0 Å². The molecule has 0 bridgehead atoms. The summed E-state index contributed by atoms with van der Waals surface area (Å²) in [6.45, 7) is 3.33. The van der Waals surface area contributed by atoms with Gasteiger partial charge in [-0.1, -0.05) is 0 Å². The van der Waals surface area contributed by atoms with Crippen molar-refractivity contribution in [2.45, 2.75) is 25.8 Å². The lowest BCUT2D eigenvalue weighted by molar-refractivity contribution is 0.0959. The number of hydrogen-bond acceptors (Lipinski definition) is 4. The normalized spacial score (nSPS) is 14.7. The van der Waals surface area contributed by atoms with Gasteiger partial charge in [-0.05, 0) is 56.2 Å². The Kier molecular flexibility index (Phi) is 5.78. The zero-order chi connectivity index (χ0) is 18.4. The average Bonchev–Trinajstić information content (AvgIpc) is 3.18. The first-order chi connectivity index (χ1) is 12.7. The monoisotopic (exact) mass is 357 g/mol. The van der Waals surface area contributed by atoms with Gasteiger partial charge in [-0.15, -0.1) is 0 Å². The average molecular weight is 357 g/mol. The van der Waals surface area contributed by atoms with E-state index < -0.39 is 0 Å². The van der Waals surface area contributed by atoms with Crippen LogP contribution >= 0.6 is 0 Å². The van der Waals surface area contributed by atoms with Crippen LogP contribution in [-0.4, -0.2) is 42.8 Å². The van der Waals surface area contributed by atoms with Crippen molar-refractivity contribution >= 4 is 17.8 Å². The zero-order valence-corrected chi connectivity index (χ0v) is 14.7. The number of piperidine rings is 1. The van der Waals surface area contributed by atoms with E-state index in [0.29, 0.717) is 38.2 Å². The SMILES string of the molecule is CCOC(=O)N1CCC(NC(=O)Nc2ccc(-c3ccco3)cc2)CC1. The molecule has 26 heavy (non-hydrogen) atoms. The Morgan fingerprint density at radius 2 is 1.92 bits per heavy atom. The highest BCUT2D eigenvalue weighted by Crippen LogP contribution is 2.21. The van der Waals surface area contributed by atoms with Gasteiger partial charge in [0.1, 0.15) is 5.76 Å². The first-order valence-corrected chi connectivity index (χ1v) is 8.79. The third-order valence-corrected chi connectivity index (χ3v) is 4.30. The Morgan fingerprint density at radius 1 is 1.19 bits per heavy atom. The predicted octanol–water partition coefficient (Wildman–Crippen LogP) is 3.69. The summed E-state index contributed by atoms with van der Waals surface area (Å²) in [5.74, 6) is 0.786. The van der Waals surface area contributed by atoms with Crippen LogP contribution in [0.15, 0.2) is 47.1 Å². The number of nitrogens with zero attached hydrogens (tertiary/aromatic N) is 1. The second-order valence-electron chi connectivity index (χ2n) is 6.11. The van der Waals surface area contributed by atoms with E-state index in [9.17, 15) is 9.59 Å². The summed E-state index contributed by atoms with van der Waals surface area (Å²) in [5.41, 5.74) is 1.66. The number of benzene rings is 1. The molecular formula is C19H23N3O4. The number of ether oxygens (including phenoxy) is 1. The van der Waals surface area contributed by atoms with E-state index in [1.165, 1.54) is 0 Å². The zero-order valence-electron chi connectivity index (χ0n) is 14.7. The third-order valence-electron chi connectivity index (χ3n) is 4.30. The number of amides is 3. The molecule has 2 aromatic rings. The summed E-state index contributed by atoms with van der Waals surface area (Å²) in [7, 11) is 0. The van der Waals surface area contributed by atoms with E-state index in [2.05, 4.69) is 10.6 Å². The number of hydrogen-bond donors (Lipinski definition) is 2. The summed E-state index contributed by atoms with van der Waals surface area (Å²) in [5, 5.41) is 5.78. The fourth-order valence-electron chi connectivity index (χ4n) is 2.93. The molecule has 1 fully saturated rings. The molecule has 0 atom stereocenters. The minimum Gasteiger partial charge on any atom is -0.464 e. The van der Waals surface area contributed by atoms with Crippen molar-refractivity contribution in [1.82, 2.24) is 10.2 Å². The number of likely N-dealkylation sites (tertiary alicyclic amines) is 1. The van der Waals surface area contributed by atoms with Gasteiger partial charge in [0.2, 0.25) is 0 Å². The van der Waals surface area contributed by atoms with Crippen molar-refractivity contribution in [3.05, 3.63) is 42.7 Å². The molecule has 1 aromatic heterocycles. The maximum Gasteiger partial charge on any atom is 0.409 e. The second kappa shape index (κ2) is 8.42. The van der Waals surface area contributed by atoms with Crippen LogP contribution in [0.5, 0.6) is 0 Å². The van der Waals surface area contributed by atoms with E-state index in [1.54, 1.807) is 18.1 Å². The molecule has 138 valence electrons. The molecular weight excluding hydrogens is 334 g/mol. The summed E-state index contributed by atoms with van der Waals surface area (Å²) in [4.78, 5) is 25.5. The predicted molar refractivity (Wildman–Crippen MR) is 97.9 cm³/mol. The molecule has 0 spiro atoms. The molecule has 0 unspecified atom stereocenters. The summed E-state index contributed by atoms with van der Waals surface area (Å²) < 4.78 is 10.3. The molecule has 2 N–H and O–H groups in total. The minimum absolute atomic E-state index is 0.0445. The van der Waals surface area contributed by atoms with Gasteiger partial charge in [0, 0.05) is 30.4 Å². The lowest BCUT2D eigenvalue weighted by atomic mass is 10.1. The van der Waals surface area contributed by atoms with Gasteiger partial charge in [-0.2, -0.15) is 0 Å². The topological polar surface area (TPSA) is 83.8 Å². The van der Waals surface area contributed by atoms with E-state index in [1.807, 2.05) is 36.4 Å². The molecule has 1 saturated heterocycles. The van der Waals surface area contributed by atoms with E-state index in [0.717, 1.165) is 11.3 Å². The number of carbonyl (C=O) groups is 2. The standard InChI is InChI=1S/C19H23N3O4/c1-2-25-19(24)22-11-9-16(10-12-22)21-18(23)20-15-7-5-14(6-8-15)17-4-3-13-26-17/h3-8,13,16H,2,9-12H2,1H3,(H2,20,21,23). The summed E-state index contributed by atoms with van der Waals surface area (Å²) in [6.07, 6.45) is 2.77. The molecule has 0 saturated carbocycles. The Morgan fingerprint density at radius 3 is 2.54 bits per heavy atom. The van der Waals surface area contributed by atoms with Crippen LogP contribution in [0.2, 0.25) is 0 Å². The lowest BCUT2D eigenvalue weighted by Crippen LogP contribution is -2.47. The van der Waals surface area contributed by atoms with Crippen molar-refractivity contribution < 1.29 is 18.7 Å². The quantitative estimate of drug-likeness (QED) is 0.874. The van der Waals surface area contributed by atoms with Crippen LogP contribution in [0.3, 0.4) is 0 Å². The minimum atomic E-state index is -0.285. The van der Waals surface area contributed by atoms with Crippen molar-refractivity contribution in [1.29, 1.82) is 0 Å². The van der Waals surface area contributed by atoms with Crippen molar-refractivity contribution in [3.8, 4) is 11.3 Å². The van der Waals surface area contributed by atoms with Crippen molar-refractivity contribution in [3.63, 3.8) is 0 Å². The highest BCUT2D eigenvalue weighted by molar-refractivity contribution is 5.89. The highest BCUT2D eigenvalue weighted by atomic mass is 16.6. The van der Waals surface area contributed by atoms with Crippen LogP contribution in [0.25, 0.3) is 11.3 Å². The third kappa shape index (κ3) is 4.56. The van der Waals surface area contributed by atoms with Gasteiger partial charge in [0.25, 0.3) is 0 Å². The van der Waals surface area contributed by atoms with E-state index >= 15 is 0 Å². The highest BCUT2D eigenvalue weighted by Gasteiger charge is 2.24. The van der Waals surface area contributed by atoms with Crippen LogP contribution in [-0.2, 0) is 4.74 Å². The smallest absolute Gasteiger partial charge is 0.409 e. The number of rotatable bonds is 4. The molecule has 0 aliphatic carbocycles. The Balaban J connectivity index is 1.45. The first-order valence-electron chi connectivity index (χ1n) is 8.79. The maximum absolute atomic E-state index is 12.2. The van der Waals surface area contributed by atoms with Gasteiger partial charge in [-0.25, -0.2) is 9.59 Å². The van der Waals surface area contributed by atoms with Crippen molar-refractivity contribution in [2.75, 3.05) is 25.0 Å². The summed E-state index contributed by atoms with van der Waals surface area (Å²) >= 11 is 0. The summed E-state index contributed by atoms with van der Waals surface area (Å²) in [6, 6.07) is 11.0. The fraction of sp³-hybridized carbons (Fsp3) is 0.368. The molecule has 1 aliphatic rings. The van der Waals surface area contributed by atoms with Gasteiger partial charge in [0.05, 0.1) is 12.9 Å². The fourth-order valence-corrected chi connectivity index (χ4v) is 2.93. The first kappa shape index (κ1) is 17.8. The molecule has 2 heterocycles. The number of nitrogens with one attached hydrogen (secondary N) is 2. The van der Waals surface area contributed by atoms with Crippen LogP contribution in [0.1, 0.15) is 19.8 Å². The van der Waals surface area contributed by atoms with Gasteiger partial charge >= 0.3 is 12.1 Å². The molecule has 3 amide bonds. The number of carbonyl (C=O) groups excluding carboxylic acids is 2. The number of furan rings is 1. The van der Waals surface area contributed by atoms with E-state index in [4.69, 9.17) is 9.15 Å². The Bertz CT molecular complexity index is 720. The molecule has 1 aliphatic heterocycles. The van der Waals surface area contributed by atoms with Gasteiger partial charge < -0.3 is 24.7 Å². The molecule has 1 aromatic carbocycles. The Hall–Kier alpha value is -2.96. The number of anilines is 1. The van der Waals surface area contributed by atoms with Crippen LogP contribution < -0.4 is 10.6 Å². The maximum atomic E-state index is 12.2. The largest absolute Gasteiger partial charge is 0.464 e. The van der Waals surface area contributed by atoms with Crippen LogP contribution in [0, 0.1) is 0 Å². The molecule has 7 nitrogen and oxygen atoms in total. The molecule has 3 rings (SSSR count). The molecule has 0 radical (unpaired) electrons. The lowest BCUT2D eigenvalue weighted by Gasteiger charge is -2.31. The van der Waals surface area contributed by atoms with E-state index in [-0.39, 0.29) is 18.2 Å². The number of urea groups is 1. The molecule has 7 heteroatoms. The Labute approximate surface area is 152 Å². The van der Waals surface area contributed by atoms with Gasteiger partial charge in [-0.3, -0.25) is 0 Å². The second-order valence-corrected chi connectivity index (χ2v) is 6.11. The van der Waals surface area contributed by atoms with Crippen LogP contribution in [0.4, 0.5) is 15.3 Å². The van der Waals surface area contributed by atoms with Crippen molar-refractivity contribution in [2.24, 2.45) is 0 Å².